The molecule has 0 spiro atoms. The second kappa shape index (κ2) is 6.68. The van der Waals surface area contributed by atoms with Crippen LogP contribution in [0.25, 0.3) is 0 Å². The molecule has 1 aliphatic rings. The Hall–Kier alpha value is -0.170. The number of nitrogens with zero attached hydrogens (tertiary/aromatic N) is 2. The van der Waals surface area contributed by atoms with Gasteiger partial charge >= 0.3 is 0 Å². The maximum Gasteiger partial charge on any atom is 0.213 e. The lowest BCUT2D eigenvalue weighted by Crippen LogP contribution is -2.52. The largest absolute Gasteiger partial charge is 0.330 e. The molecule has 0 bridgehead atoms. The van der Waals surface area contributed by atoms with Gasteiger partial charge in [0.05, 0.1) is 5.75 Å². The first-order chi connectivity index (χ1) is 8.05. The average Bonchev–Trinajstić information content (AvgIpc) is 2.36. The fourth-order valence-corrected chi connectivity index (χ4v) is 3.45. The maximum absolute atomic E-state index is 11.7. The van der Waals surface area contributed by atoms with Crippen molar-refractivity contribution in [3.8, 4) is 0 Å². The highest BCUT2D eigenvalue weighted by atomic mass is 32.2. The SMILES string of the molecule is CCC(CCN)N1CCN(S(=O)(=O)CC)CC1. The van der Waals surface area contributed by atoms with Crippen LogP contribution in [0.3, 0.4) is 0 Å². The zero-order valence-corrected chi connectivity index (χ0v) is 11.7. The van der Waals surface area contributed by atoms with Gasteiger partial charge in [-0.25, -0.2) is 8.42 Å². The molecule has 0 aromatic heterocycles. The lowest BCUT2D eigenvalue weighted by atomic mass is 10.1. The molecule has 1 heterocycles. The summed E-state index contributed by atoms with van der Waals surface area (Å²) in [7, 11) is -3.01. The van der Waals surface area contributed by atoms with Crippen LogP contribution in [0.1, 0.15) is 26.7 Å². The summed E-state index contributed by atoms with van der Waals surface area (Å²) < 4.78 is 25.0. The number of hydrogen-bond acceptors (Lipinski definition) is 4. The Morgan fingerprint density at radius 3 is 2.18 bits per heavy atom. The number of nitrogens with two attached hydrogens (primary N) is 1. The monoisotopic (exact) mass is 263 g/mol. The molecule has 1 aliphatic heterocycles. The van der Waals surface area contributed by atoms with Crippen LogP contribution >= 0.6 is 0 Å². The van der Waals surface area contributed by atoms with Crippen LogP contribution in [0.15, 0.2) is 0 Å². The van der Waals surface area contributed by atoms with Crippen LogP contribution in [-0.4, -0.2) is 62.1 Å². The van der Waals surface area contributed by atoms with Crippen molar-refractivity contribution in [1.29, 1.82) is 0 Å². The summed E-state index contributed by atoms with van der Waals surface area (Å²) in [6.45, 7) is 7.47. The van der Waals surface area contributed by atoms with E-state index in [2.05, 4.69) is 11.8 Å². The van der Waals surface area contributed by atoms with Gasteiger partial charge < -0.3 is 5.73 Å². The minimum Gasteiger partial charge on any atom is -0.330 e. The van der Waals surface area contributed by atoms with Crippen molar-refractivity contribution in [3.63, 3.8) is 0 Å². The van der Waals surface area contributed by atoms with Gasteiger partial charge in [0, 0.05) is 32.2 Å². The predicted octanol–water partition coefficient (Wildman–Crippen LogP) is 0.0811. The fraction of sp³-hybridized carbons (Fsp3) is 1.00. The summed E-state index contributed by atoms with van der Waals surface area (Å²) in [6, 6.07) is 0.506. The first-order valence-corrected chi connectivity index (χ1v) is 8.08. The Morgan fingerprint density at radius 1 is 1.18 bits per heavy atom. The molecule has 102 valence electrons. The van der Waals surface area contributed by atoms with Gasteiger partial charge in [-0.3, -0.25) is 4.90 Å². The highest BCUT2D eigenvalue weighted by molar-refractivity contribution is 7.89. The van der Waals surface area contributed by atoms with Crippen LogP contribution < -0.4 is 5.73 Å². The molecule has 0 radical (unpaired) electrons. The summed E-state index contributed by atoms with van der Waals surface area (Å²) in [5.74, 6) is 0.201. The molecular formula is C11H25N3O2S. The molecule has 17 heavy (non-hydrogen) atoms. The van der Waals surface area contributed by atoms with E-state index in [-0.39, 0.29) is 5.75 Å². The van der Waals surface area contributed by atoms with E-state index < -0.39 is 10.0 Å². The molecule has 1 unspecified atom stereocenters. The molecule has 5 nitrogen and oxygen atoms in total. The Balaban J connectivity index is 2.50. The normalized spacial score (nSPS) is 21.6. The summed E-state index contributed by atoms with van der Waals surface area (Å²) in [5, 5.41) is 0. The third-order valence-electron chi connectivity index (χ3n) is 3.52. The third kappa shape index (κ3) is 3.91. The molecule has 2 N–H and O–H groups in total. The molecule has 0 aromatic carbocycles. The van der Waals surface area contributed by atoms with E-state index in [4.69, 9.17) is 5.73 Å². The number of hydrogen-bond donors (Lipinski definition) is 1. The van der Waals surface area contributed by atoms with E-state index in [1.165, 1.54) is 0 Å². The summed E-state index contributed by atoms with van der Waals surface area (Å²) in [6.07, 6.45) is 2.08. The topological polar surface area (TPSA) is 66.6 Å². The zero-order chi connectivity index (χ0) is 12.9. The minimum atomic E-state index is -3.01. The number of sulfonamides is 1. The minimum absolute atomic E-state index is 0.201. The van der Waals surface area contributed by atoms with Gasteiger partial charge in [0.2, 0.25) is 10.0 Å². The molecule has 0 saturated carbocycles. The fourth-order valence-electron chi connectivity index (χ4n) is 2.37. The molecular weight excluding hydrogens is 238 g/mol. The first kappa shape index (κ1) is 14.9. The lowest BCUT2D eigenvalue weighted by Gasteiger charge is -2.38. The van der Waals surface area contributed by atoms with Crippen molar-refractivity contribution in [2.24, 2.45) is 5.73 Å². The third-order valence-corrected chi connectivity index (χ3v) is 5.40. The zero-order valence-electron chi connectivity index (χ0n) is 10.9. The highest BCUT2D eigenvalue weighted by Crippen LogP contribution is 2.14. The first-order valence-electron chi connectivity index (χ1n) is 6.47. The summed E-state index contributed by atoms with van der Waals surface area (Å²) in [4.78, 5) is 2.37. The van der Waals surface area contributed by atoms with Gasteiger partial charge in [-0.15, -0.1) is 0 Å². The molecule has 1 rings (SSSR count). The van der Waals surface area contributed by atoms with Crippen LogP contribution in [0.5, 0.6) is 0 Å². The molecule has 1 atom stereocenters. The van der Waals surface area contributed by atoms with E-state index >= 15 is 0 Å². The van der Waals surface area contributed by atoms with E-state index in [0.717, 1.165) is 25.9 Å². The van der Waals surface area contributed by atoms with E-state index in [9.17, 15) is 8.42 Å². The standard InChI is InChI=1S/C11H25N3O2S/c1-3-11(5-6-12)13-7-9-14(10-8-13)17(15,16)4-2/h11H,3-10,12H2,1-2H3. The number of piperazine rings is 1. The van der Waals surface area contributed by atoms with Gasteiger partial charge in [-0.1, -0.05) is 6.92 Å². The highest BCUT2D eigenvalue weighted by Gasteiger charge is 2.27. The van der Waals surface area contributed by atoms with Crippen LogP contribution in [0.2, 0.25) is 0 Å². The van der Waals surface area contributed by atoms with Crippen molar-refractivity contribution in [2.75, 3.05) is 38.5 Å². The average molecular weight is 263 g/mol. The Bertz CT molecular complexity index is 311. The van der Waals surface area contributed by atoms with E-state index in [1.807, 2.05) is 0 Å². The molecule has 0 aromatic rings. The molecule has 0 aliphatic carbocycles. The smallest absolute Gasteiger partial charge is 0.213 e. The van der Waals surface area contributed by atoms with Gasteiger partial charge in [-0.2, -0.15) is 4.31 Å². The Labute approximate surface area is 105 Å². The van der Waals surface area contributed by atoms with Crippen LogP contribution in [0.4, 0.5) is 0 Å². The van der Waals surface area contributed by atoms with Crippen molar-refractivity contribution >= 4 is 10.0 Å². The van der Waals surface area contributed by atoms with Crippen molar-refractivity contribution in [1.82, 2.24) is 9.21 Å². The van der Waals surface area contributed by atoms with E-state index in [0.29, 0.717) is 25.7 Å². The van der Waals surface area contributed by atoms with E-state index in [1.54, 1.807) is 11.2 Å². The van der Waals surface area contributed by atoms with Gasteiger partial charge in [0.15, 0.2) is 0 Å². The summed E-state index contributed by atoms with van der Waals surface area (Å²) in [5.41, 5.74) is 5.60. The van der Waals surface area contributed by atoms with Gasteiger partial charge in [0.25, 0.3) is 0 Å². The Morgan fingerprint density at radius 2 is 1.76 bits per heavy atom. The molecule has 1 fully saturated rings. The predicted molar refractivity (Wildman–Crippen MR) is 70.4 cm³/mol. The van der Waals surface area contributed by atoms with Crippen LogP contribution in [-0.2, 0) is 10.0 Å². The quantitative estimate of drug-likeness (QED) is 0.737. The number of rotatable bonds is 6. The lowest BCUT2D eigenvalue weighted by molar-refractivity contribution is 0.129. The molecule has 1 saturated heterocycles. The van der Waals surface area contributed by atoms with Crippen molar-refractivity contribution in [2.45, 2.75) is 32.7 Å². The summed E-state index contributed by atoms with van der Waals surface area (Å²) >= 11 is 0. The molecule has 6 heteroatoms. The van der Waals surface area contributed by atoms with Gasteiger partial charge in [0.1, 0.15) is 0 Å². The second-order valence-corrected chi connectivity index (χ2v) is 6.73. The van der Waals surface area contributed by atoms with Crippen molar-refractivity contribution in [3.05, 3.63) is 0 Å². The second-order valence-electron chi connectivity index (χ2n) is 4.47. The Kier molecular flexibility index (Phi) is 5.85. The van der Waals surface area contributed by atoms with Crippen molar-refractivity contribution < 1.29 is 8.42 Å². The molecule has 0 amide bonds. The maximum atomic E-state index is 11.7. The van der Waals surface area contributed by atoms with Crippen LogP contribution in [0, 0.1) is 0 Å². The van der Waals surface area contributed by atoms with Gasteiger partial charge in [-0.05, 0) is 26.3 Å².